The van der Waals surface area contributed by atoms with Crippen molar-refractivity contribution in [3.05, 3.63) is 44.3 Å². The Labute approximate surface area is 182 Å². The summed E-state index contributed by atoms with van der Waals surface area (Å²) in [6.45, 7) is -0.525. The molecule has 0 aliphatic heterocycles. The Morgan fingerprint density at radius 3 is 2.47 bits per heavy atom. The van der Waals surface area contributed by atoms with Gasteiger partial charge >= 0.3 is 12.1 Å². The molecular weight excluding hydrogens is 454 g/mol. The molecule has 30 heavy (non-hydrogen) atoms. The van der Waals surface area contributed by atoms with E-state index in [4.69, 9.17) is 28.4 Å². The van der Waals surface area contributed by atoms with E-state index in [0.29, 0.717) is 0 Å². The number of nitro groups is 1. The molecule has 1 aromatic heterocycles. The first kappa shape index (κ1) is 23.2. The normalized spacial score (nSPS) is 12.4. The highest BCUT2D eigenvalue weighted by atomic mass is 32.9. The van der Waals surface area contributed by atoms with Gasteiger partial charge in [0, 0.05) is 22.6 Å². The van der Waals surface area contributed by atoms with E-state index >= 15 is 0 Å². The number of aliphatic carboxylic acids is 1. The highest BCUT2D eigenvalue weighted by molar-refractivity contribution is 7.80. The third-order valence-electron chi connectivity index (χ3n) is 3.67. The van der Waals surface area contributed by atoms with E-state index in [2.05, 4.69) is 10.3 Å². The smallest absolute Gasteiger partial charge is 0.414 e. The molecule has 0 aliphatic rings. The molecule has 1 aromatic carbocycles. The Morgan fingerprint density at radius 1 is 1.30 bits per heavy atom. The van der Waals surface area contributed by atoms with Crippen LogP contribution in [0, 0.1) is 13.9 Å². The highest BCUT2D eigenvalue weighted by Gasteiger charge is 2.41. The molecular formula is C16H17N5O6S3. The lowest BCUT2D eigenvalue weighted by molar-refractivity contribution is -0.480. The summed E-state index contributed by atoms with van der Waals surface area (Å²) in [5.41, 5.74) is 9.14. The van der Waals surface area contributed by atoms with E-state index in [-0.39, 0.29) is 12.2 Å². The molecule has 1 atom stereocenters. The summed E-state index contributed by atoms with van der Waals surface area (Å²) in [5.74, 6) is -2.06. The fourth-order valence-corrected chi connectivity index (χ4v) is 4.80. The van der Waals surface area contributed by atoms with Gasteiger partial charge in [-0.3, -0.25) is 15.4 Å². The third-order valence-corrected chi connectivity index (χ3v) is 6.58. The minimum atomic E-state index is -2.30. The van der Waals surface area contributed by atoms with Crippen molar-refractivity contribution in [3.63, 3.8) is 0 Å². The second-order valence-electron chi connectivity index (χ2n) is 5.90. The molecule has 0 radical (unpaired) electrons. The van der Waals surface area contributed by atoms with Crippen molar-refractivity contribution in [2.24, 2.45) is 16.5 Å². The molecule has 0 bridgehead atoms. The molecule has 0 aliphatic carbocycles. The van der Waals surface area contributed by atoms with Crippen LogP contribution in [-0.2, 0) is 4.79 Å². The van der Waals surface area contributed by atoms with E-state index in [1.165, 1.54) is 32.8 Å². The number of benzene rings is 1. The quantitative estimate of drug-likeness (QED) is 0.106. The van der Waals surface area contributed by atoms with Gasteiger partial charge in [0.2, 0.25) is 12.2 Å². The molecule has 1 amide bonds. The number of carbonyl (C=O) groups is 2. The second-order valence-corrected chi connectivity index (χ2v) is 8.81. The number of hydrogen-bond acceptors (Lipinski definition) is 9. The number of carboxylic acids is 1. The van der Waals surface area contributed by atoms with Crippen LogP contribution < -0.4 is 21.5 Å². The van der Waals surface area contributed by atoms with Gasteiger partial charge in [-0.05, 0) is 35.9 Å². The molecule has 1 heterocycles. The molecule has 14 heteroatoms. The molecule has 1 unspecified atom stereocenters. The number of nitrogens with two attached hydrogens (primary N) is 2. The predicted octanol–water partition coefficient (Wildman–Crippen LogP) is 2.41. The molecule has 2 aromatic rings. The SMILES string of the molecule is NC(N)=NC(CCC[N+](=O)[O-])(NC(=O)Oc1ccc(-c2cc(=S)ss2)cc1)C(=O)O. The van der Waals surface area contributed by atoms with Crippen LogP contribution in [0.25, 0.3) is 10.4 Å². The summed E-state index contributed by atoms with van der Waals surface area (Å²) in [6.07, 6.45) is -1.75. The van der Waals surface area contributed by atoms with Gasteiger partial charge in [-0.25, -0.2) is 14.6 Å². The number of rotatable bonds is 9. The lowest BCUT2D eigenvalue weighted by Gasteiger charge is -2.25. The van der Waals surface area contributed by atoms with Crippen molar-refractivity contribution < 1.29 is 24.4 Å². The molecule has 11 nitrogen and oxygen atoms in total. The average Bonchev–Trinajstić information content (AvgIpc) is 3.07. The van der Waals surface area contributed by atoms with E-state index in [1.54, 1.807) is 12.1 Å². The van der Waals surface area contributed by atoms with E-state index in [9.17, 15) is 24.8 Å². The van der Waals surface area contributed by atoms with Gasteiger partial charge in [0.05, 0.1) is 0 Å². The van der Waals surface area contributed by atoms with Crippen LogP contribution in [0.5, 0.6) is 5.75 Å². The maximum Gasteiger partial charge on any atom is 0.414 e. The Hall–Kier alpha value is -3.10. The van der Waals surface area contributed by atoms with Crippen LogP contribution in [-0.4, -0.2) is 40.3 Å². The number of amides is 1. The summed E-state index contributed by atoms with van der Waals surface area (Å²) in [6, 6.07) is 8.34. The van der Waals surface area contributed by atoms with Crippen molar-refractivity contribution in [2.45, 2.75) is 18.5 Å². The molecule has 0 saturated carbocycles. The van der Waals surface area contributed by atoms with Gasteiger partial charge in [-0.1, -0.05) is 32.9 Å². The summed E-state index contributed by atoms with van der Waals surface area (Å²) in [5, 5.41) is 22.2. The summed E-state index contributed by atoms with van der Waals surface area (Å²) < 4.78 is 5.87. The topological polar surface area (TPSA) is 183 Å². The predicted molar refractivity (Wildman–Crippen MR) is 115 cm³/mol. The highest BCUT2D eigenvalue weighted by Crippen LogP contribution is 2.30. The number of carbonyl (C=O) groups excluding carboxylic acids is 1. The standard InChI is InChI=1S/C16H17N5O6S3/c17-14(18)19-16(13(22)23,6-1-7-21(25)26)20-15(24)27-10-4-2-9(3-5-10)11-8-12(28)30-29-11/h2-5,8H,1,6-7H2,(H,20,24)(H,22,23)(H4,17,18,19). The first-order valence-corrected chi connectivity index (χ1v) is 10.8. The van der Waals surface area contributed by atoms with Gasteiger partial charge in [0.15, 0.2) is 5.96 Å². The summed E-state index contributed by atoms with van der Waals surface area (Å²) in [4.78, 5) is 38.5. The molecule has 2 rings (SSSR count). The Balaban J connectivity index is 2.14. The van der Waals surface area contributed by atoms with Crippen molar-refractivity contribution in [1.29, 1.82) is 0 Å². The average molecular weight is 472 g/mol. The van der Waals surface area contributed by atoms with Crippen LogP contribution in [0.15, 0.2) is 35.3 Å². The zero-order valence-corrected chi connectivity index (χ0v) is 17.7. The molecule has 0 saturated heterocycles. The molecule has 0 fully saturated rings. The largest absolute Gasteiger partial charge is 0.478 e. The van der Waals surface area contributed by atoms with Gasteiger partial charge in [0.25, 0.3) is 0 Å². The minimum Gasteiger partial charge on any atom is -0.478 e. The minimum absolute atomic E-state index is 0.143. The zero-order chi connectivity index (χ0) is 22.3. The van der Waals surface area contributed by atoms with Gasteiger partial charge in [-0.15, -0.1) is 0 Å². The van der Waals surface area contributed by atoms with E-state index < -0.39 is 41.6 Å². The monoisotopic (exact) mass is 471 g/mol. The number of nitrogens with one attached hydrogen (secondary N) is 1. The van der Waals surface area contributed by atoms with Crippen LogP contribution >= 0.6 is 32.9 Å². The van der Waals surface area contributed by atoms with Crippen molar-refractivity contribution in [1.82, 2.24) is 5.32 Å². The lowest BCUT2D eigenvalue weighted by atomic mass is 10.0. The Morgan fingerprint density at radius 2 is 1.97 bits per heavy atom. The number of aliphatic imine (C=N–C) groups is 1. The van der Waals surface area contributed by atoms with Crippen LogP contribution in [0.2, 0.25) is 0 Å². The Kier molecular flexibility index (Phi) is 7.79. The first-order valence-electron chi connectivity index (χ1n) is 8.28. The summed E-state index contributed by atoms with van der Waals surface area (Å²) in [7, 11) is 2.98. The second kappa shape index (κ2) is 10.1. The van der Waals surface area contributed by atoms with Crippen LogP contribution in [0.3, 0.4) is 0 Å². The number of ether oxygens (including phenoxy) is 1. The van der Waals surface area contributed by atoms with Crippen LogP contribution in [0.1, 0.15) is 12.8 Å². The zero-order valence-electron chi connectivity index (χ0n) is 15.3. The van der Waals surface area contributed by atoms with Crippen molar-refractivity contribution in [3.8, 4) is 16.2 Å². The van der Waals surface area contributed by atoms with Crippen molar-refractivity contribution in [2.75, 3.05) is 6.54 Å². The number of hydrogen-bond donors (Lipinski definition) is 4. The fraction of sp³-hybridized carbons (Fsp3) is 0.250. The lowest BCUT2D eigenvalue weighted by Crippen LogP contribution is -2.55. The first-order chi connectivity index (χ1) is 14.1. The van der Waals surface area contributed by atoms with Gasteiger partial charge in [0.1, 0.15) is 9.57 Å². The van der Waals surface area contributed by atoms with Gasteiger partial charge < -0.3 is 21.3 Å². The number of guanidine groups is 1. The molecule has 6 N–H and O–H groups in total. The van der Waals surface area contributed by atoms with E-state index in [0.717, 1.165) is 14.3 Å². The van der Waals surface area contributed by atoms with Crippen molar-refractivity contribution >= 4 is 50.9 Å². The van der Waals surface area contributed by atoms with Gasteiger partial charge in [-0.2, -0.15) is 0 Å². The maximum absolute atomic E-state index is 12.3. The summed E-state index contributed by atoms with van der Waals surface area (Å²) >= 11 is 5.10. The fourth-order valence-electron chi connectivity index (χ4n) is 2.40. The number of carboxylic acid groups (broad SMARTS) is 1. The molecule has 160 valence electrons. The molecule has 0 spiro atoms. The number of nitrogens with zero attached hydrogens (tertiary/aromatic N) is 2. The maximum atomic E-state index is 12.3. The van der Waals surface area contributed by atoms with E-state index in [1.807, 2.05) is 6.07 Å². The Bertz CT molecular complexity index is 1010. The van der Waals surface area contributed by atoms with Crippen LogP contribution in [0.4, 0.5) is 4.79 Å². The third kappa shape index (κ3) is 6.47.